The van der Waals surface area contributed by atoms with Crippen LogP contribution < -0.4 is 5.43 Å². The third kappa shape index (κ3) is 4.00. The Labute approximate surface area is 139 Å². The molecule has 3 aromatic rings. The average molecular weight is 347 g/mol. The Morgan fingerprint density at radius 1 is 1.20 bits per heavy atom. The summed E-state index contributed by atoms with van der Waals surface area (Å²) in [6.07, 6.45) is -3.28. The quantitative estimate of drug-likeness (QED) is 0.582. The summed E-state index contributed by atoms with van der Waals surface area (Å²) < 4.78 is 39.3. The Morgan fingerprint density at radius 3 is 2.80 bits per heavy atom. The molecule has 0 aliphatic carbocycles. The minimum absolute atomic E-state index is 0.111. The normalized spacial score (nSPS) is 12.0. The van der Waals surface area contributed by atoms with Gasteiger partial charge in [0.25, 0.3) is 5.91 Å². The summed E-state index contributed by atoms with van der Waals surface area (Å²) in [5.41, 5.74) is 3.05. The van der Waals surface area contributed by atoms with E-state index in [0.717, 1.165) is 18.3 Å². The van der Waals surface area contributed by atoms with E-state index in [1.807, 2.05) is 0 Å². The van der Waals surface area contributed by atoms with E-state index in [9.17, 15) is 18.0 Å². The largest absolute Gasteiger partial charge is 0.416 e. The van der Waals surface area contributed by atoms with E-state index in [1.54, 1.807) is 24.3 Å². The minimum atomic E-state index is -4.43. The number of hydrogen-bond donors (Lipinski definition) is 1. The number of nitrogens with zero attached hydrogens (tertiary/aromatic N) is 4. The third-order valence-corrected chi connectivity index (χ3v) is 3.33. The van der Waals surface area contributed by atoms with E-state index < -0.39 is 17.6 Å². The van der Waals surface area contributed by atoms with Crippen molar-refractivity contribution in [3.63, 3.8) is 0 Å². The number of rotatable bonds is 4. The van der Waals surface area contributed by atoms with Gasteiger partial charge in [-0.1, -0.05) is 29.5 Å². The van der Waals surface area contributed by atoms with Crippen LogP contribution in [-0.4, -0.2) is 27.1 Å². The topological polar surface area (TPSA) is 72.2 Å². The van der Waals surface area contributed by atoms with Crippen molar-refractivity contribution < 1.29 is 18.0 Å². The monoisotopic (exact) mass is 347 g/mol. The molecule has 1 aromatic heterocycles. The van der Waals surface area contributed by atoms with Crippen LogP contribution in [0, 0.1) is 0 Å². The summed E-state index contributed by atoms with van der Waals surface area (Å²) >= 11 is 0. The molecule has 1 heterocycles. The predicted octanol–water partition coefficient (Wildman–Crippen LogP) is 2.60. The van der Waals surface area contributed by atoms with E-state index in [-0.39, 0.29) is 12.1 Å². The molecule has 0 aliphatic rings. The maximum Gasteiger partial charge on any atom is 0.416 e. The third-order valence-electron chi connectivity index (χ3n) is 3.33. The number of benzene rings is 2. The van der Waals surface area contributed by atoms with Crippen molar-refractivity contribution in [3.8, 4) is 0 Å². The molecule has 0 saturated heterocycles. The predicted molar refractivity (Wildman–Crippen MR) is 84.7 cm³/mol. The Bertz CT molecular complexity index is 933. The van der Waals surface area contributed by atoms with E-state index in [2.05, 4.69) is 20.8 Å². The summed E-state index contributed by atoms with van der Waals surface area (Å²) in [6, 6.07) is 11.8. The second-order valence-corrected chi connectivity index (χ2v) is 5.15. The zero-order valence-electron chi connectivity index (χ0n) is 12.7. The van der Waals surface area contributed by atoms with Gasteiger partial charge in [0.1, 0.15) is 12.1 Å². The lowest BCUT2D eigenvalue weighted by molar-refractivity contribution is -0.137. The van der Waals surface area contributed by atoms with Crippen LogP contribution in [-0.2, 0) is 17.5 Å². The molecule has 0 radical (unpaired) electrons. The van der Waals surface area contributed by atoms with Gasteiger partial charge in [0, 0.05) is 0 Å². The molecule has 0 atom stereocenters. The lowest BCUT2D eigenvalue weighted by Crippen LogP contribution is -2.23. The number of carbonyl (C=O) groups is 1. The van der Waals surface area contributed by atoms with Gasteiger partial charge in [-0.3, -0.25) is 4.79 Å². The van der Waals surface area contributed by atoms with Crippen LogP contribution in [0.4, 0.5) is 13.2 Å². The number of hydrogen-bond acceptors (Lipinski definition) is 4. The molecule has 1 amide bonds. The number of para-hydroxylation sites is 1. The van der Waals surface area contributed by atoms with Crippen molar-refractivity contribution in [3.05, 3.63) is 59.7 Å². The number of fused-ring (bicyclic) bond motifs is 1. The fraction of sp³-hybridized carbons (Fsp3) is 0.125. The standard InChI is InChI=1S/C16H12F3N5O/c17-16(18,19)12-5-3-4-11(8-12)9-20-22-15(25)10-24-14-7-2-1-6-13(14)21-23-24/h1-9H,10H2,(H,22,25)/b20-9-. The van der Waals surface area contributed by atoms with Gasteiger partial charge in [-0.2, -0.15) is 18.3 Å². The number of carbonyl (C=O) groups excluding carboxylic acids is 1. The Morgan fingerprint density at radius 2 is 2.00 bits per heavy atom. The first-order valence-electron chi connectivity index (χ1n) is 7.21. The van der Waals surface area contributed by atoms with Crippen LogP contribution in [0.1, 0.15) is 11.1 Å². The fourth-order valence-corrected chi connectivity index (χ4v) is 2.18. The van der Waals surface area contributed by atoms with E-state index in [1.165, 1.54) is 16.8 Å². The number of nitrogens with one attached hydrogen (secondary N) is 1. The number of halogens is 3. The summed E-state index contributed by atoms with van der Waals surface area (Å²) in [5.74, 6) is -0.473. The van der Waals surface area contributed by atoms with E-state index in [0.29, 0.717) is 11.0 Å². The van der Waals surface area contributed by atoms with Crippen LogP contribution in [0.15, 0.2) is 53.6 Å². The van der Waals surface area contributed by atoms with Crippen LogP contribution in [0.2, 0.25) is 0 Å². The van der Waals surface area contributed by atoms with Crippen molar-refractivity contribution in [2.75, 3.05) is 0 Å². The molecule has 128 valence electrons. The lowest BCUT2D eigenvalue weighted by Gasteiger charge is -2.06. The van der Waals surface area contributed by atoms with Crippen LogP contribution >= 0.6 is 0 Å². The summed E-state index contributed by atoms with van der Waals surface area (Å²) in [4.78, 5) is 11.9. The molecule has 0 unspecified atom stereocenters. The first-order valence-corrected chi connectivity index (χ1v) is 7.21. The van der Waals surface area contributed by atoms with Gasteiger partial charge in [0.2, 0.25) is 0 Å². The van der Waals surface area contributed by atoms with Gasteiger partial charge in [-0.05, 0) is 29.8 Å². The van der Waals surface area contributed by atoms with Gasteiger partial charge in [0.15, 0.2) is 0 Å². The van der Waals surface area contributed by atoms with Crippen molar-refractivity contribution in [2.45, 2.75) is 12.7 Å². The van der Waals surface area contributed by atoms with E-state index >= 15 is 0 Å². The lowest BCUT2D eigenvalue weighted by atomic mass is 10.1. The van der Waals surface area contributed by atoms with Gasteiger partial charge in [-0.25, -0.2) is 10.1 Å². The summed E-state index contributed by atoms with van der Waals surface area (Å²) in [5, 5.41) is 11.5. The SMILES string of the molecule is O=C(Cn1nnc2ccccc21)N/N=C\c1cccc(C(F)(F)F)c1. The number of hydrazone groups is 1. The summed E-state index contributed by atoms with van der Waals surface area (Å²) in [6.45, 7) is -0.111. The maximum atomic E-state index is 12.6. The molecule has 3 rings (SSSR count). The Kier molecular flexibility index (Phi) is 4.46. The van der Waals surface area contributed by atoms with Gasteiger partial charge >= 0.3 is 6.18 Å². The summed E-state index contributed by atoms with van der Waals surface area (Å²) in [7, 11) is 0. The van der Waals surface area contributed by atoms with Crippen molar-refractivity contribution in [2.24, 2.45) is 5.10 Å². The van der Waals surface area contributed by atoms with Gasteiger partial charge < -0.3 is 0 Å². The molecule has 0 aliphatic heterocycles. The van der Waals surface area contributed by atoms with Crippen molar-refractivity contribution in [1.82, 2.24) is 20.4 Å². The fourth-order valence-electron chi connectivity index (χ4n) is 2.18. The highest BCUT2D eigenvalue weighted by Crippen LogP contribution is 2.29. The molecule has 0 fully saturated rings. The first-order chi connectivity index (χ1) is 11.9. The molecule has 25 heavy (non-hydrogen) atoms. The van der Waals surface area contributed by atoms with Crippen LogP contribution in [0.5, 0.6) is 0 Å². The number of aromatic nitrogens is 3. The van der Waals surface area contributed by atoms with E-state index in [4.69, 9.17) is 0 Å². The minimum Gasteiger partial charge on any atom is -0.271 e. The maximum absolute atomic E-state index is 12.6. The zero-order chi connectivity index (χ0) is 17.9. The highest BCUT2D eigenvalue weighted by molar-refractivity contribution is 5.83. The van der Waals surface area contributed by atoms with Crippen LogP contribution in [0.3, 0.4) is 0 Å². The highest BCUT2D eigenvalue weighted by Gasteiger charge is 2.30. The molecule has 6 nitrogen and oxygen atoms in total. The van der Waals surface area contributed by atoms with Gasteiger partial charge in [-0.15, -0.1) is 5.10 Å². The molecular formula is C16H12F3N5O. The van der Waals surface area contributed by atoms with Crippen molar-refractivity contribution in [1.29, 1.82) is 0 Å². The van der Waals surface area contributed by atoms with Crippen molar-refractivity contribution >= 4 is 23.2 Å². The molecule has 9 heteroatoms. The zero-order valence-corrected chi connectivity index (χ0v) is 12.7. The highest BCUT2D eigenvalue weighted by atomic mass is 19.4. The van der Waals surface area contributed by atoms with Crippen LogP contribution in [0.25, 0.3) is 11.0 Å². The Hall–Kier alpha value is -3.23. The first kappa shape index (κ1) is 16.6. The number of alkyl halides is 3. The average Bonchev–Trinajstić information content (AvgIpc) is 2.98. The molecule has 0 bridgehead atoms. The van der Waals surface area contributed by atoms with Gasteiger partial charge in [0.05, 0.1) is 17.3 Å². The second-order valence-electron chi connectivity index (χ2n) is 5.15. The molecular weight excluding hydrogens is 335 g/mol. The molecule has 2 aromatic carbocycles. The molecule has 1 N–H and O–H groups in total. The molecule has 0 saturated carbocycles. The molecule has 0 spiro atoms. The second kappa shape index (κ2) is 6.71. The smallest absolute Gasteiger partial charge is 0.271 e. The Balaban J connectivity index is 1.63. The number of amides is 1.